The van der Waals surface area contributed by atoms with Gasteiger partial charge in [-0.1, -0.05) is 0 Å². The van der Waals surface area contributed by atoms with Crippen LogP contribution in [-0.2, 0) is 4.79 Å². The molecule has 2 rings (SSSR count). The smallest absolute Gasteiger partial charge is 0.239 e. The number of rotatable bonds is 6. The van der Waals surface area contributed by atoms with Crippen LogP contribution in [-0.4, -0.2) is 53.1 Å². The second kappa shape index (κ2) is 7.44. The largest absolute Gasteiger partial charge is 0.508 e. The Bertz CT molecular complexity index is 661. The van der Waals surface area contributed by atoms with Crippen molar-refractivity contribution < 1.29 is 14.6 Å². The summed E-state index contributed by atoms with van der Waals surface area (Å²) in [6, 6.07) is 6.37. The number of anilines is 1. The first kappa shape index (κ1) is 16.5. The lowest BCUT2D eigenvalue weighted by Crippen LogP contribution is -2.33. The van der Waals surface area contributed by atoms with Gasteiger partial charge < -0.3 is 19.6 Å². The van der Waals surface area contributed by atoms with Crippen molar-refractivity contribution in [2.75, 3.05) is 32.1 Å². The van der Waals surface area contributed by atoms with E-state index in [1.54, 1.807) is 30.3 Å². The van der Waals surface area contributed by atoms with Gasteiger partial charge in [0.05, 0.1) is 12.4 Å². The second-order valence-corrected chi connectivity index (χ2v) is 5.17. The van der Waals surface area contributed by atoms with Crippen LogP contribution in [0.2, 0.25) is 0 Å². The summed E-state index contributed by atoms with van der Waals surface area (Å²) in [5.41, 5.74) is 0. The van der Waals surface area contributed by atoms with Crippen molar-refractivity contribution in [3.63, 3.8) is 0 Å². The third kappa shape index (κ3) is 4.84. The Morgan fingerprint density at radius 3 is 2.52 bits per heavy atom. The number of phenolic OH excluding ortho intramolecular Hbond substituents is 1. The average Bonchev–Trinajstić information content (AvgIpc) is 2.54. The molecule has 0 fully saturated rings. The van der Waals surface area contributed by atoms with Gasteiger partial charge in [-0.2, -0.15) is 4.98 Å². The molecule has 1 heterocycles. The van der Waals surface area contributed by atoms with E-state index < -0.39 is 0 Å². The van der Waals surface area contributed by atoms with Crippen molar-refractivity contribution in [2.45, 2.75) is 6.92 Å². The molecule has 7 nitrogen and oxygen atoms in total. The van der Waals surface area contributed by atoms with Gasteiger partial charge in [0.15, 0.2) is 5.82 Å². The van der Waals surface area contributed by atoms with Crippen molar-refractivity contribution in [1.82, 2.24) is 14.9 Å². The standard InChI is InChI=1S/C16H20N4O3/c1-12(21)19(2)8-9-20(3)15-10-17-11-16(18-15)23-14-6-4-13(22)5-7-14/h4-7,10-11,22H,8-9H2,1-3H3. The van der Waals surface area contributed by atoms with Crippen LogP contribution >= 0.6 is 0 Å². The van der Waals surface area contributed by atoms with Crippen LogP contribution in [0.4, 0.5) is 5.82 Å². The van der Waals surface area contributed by atoms with Crippen molar-refractivity contribution >= 4 is 11.7 Å². The predicted molar refractivity (Wildman–Crippen MR) is 86.8 cm³/mol. The first-order valence-corrected chi connectivity index (χ1v) is 7.17. The van der Waals surface area contributed by atoms with E-state index in [4.69, 9.17) is 4.74 Å². The van der Waals surface area contributed by atoms with Gasteiger partial charge in [0.25, 0.3) is 0 Å². The van der Waals surface area contributed by atoms with Gasteiger partial charge in [0, 0.05) is 34.1 Å². The van der Waals surface area contributed by atoms with Crippen LogP contribution in [0.1, 0.15) is 6.92 Å². The first-order chi connectivity index (χ1) is 11.0. The molecule has 1 aromatic heterocycles. The maximum absolute atomic E-state index is 11.2. The molecule has 0 aliphatic carbocycles. The van der Waals surface area contributed by atoms with Gasteiger partial charge in [0.1, 0.15) is 11.5 Å². The zero-order valence-electron chi connectivity index (χ0n) is 13.4. The van der Waals surface area contributed by atoms with Crippen LogP contribution in [0, 0.1) is 0 Å². The van der Waals surface area contributed by atoms with E-state index in [-0.39, 0.29) is 11.7 Å². The summed E-state index contributed by atoms with van der Waals surface area (Å²) < 4.78 is 5.61. The molecule has 1 N–H and O–H groups in total. The minimum absolute atomic E-state index is 0.0221. The highest BCUT2D eigenvalue weighted by atomic mass is 16.5. The van der Waals surface area contributed by atoms with E-state index >= 15 is 0 Å². The van der Waals surface area contributed by atoms with Crippen LogP contribution < -0.4 is 9.64 Å². The van der Waals surface area contributed by atoms with Crippen LogP contribution in [0.15, 0.2) is 36.7 Å². The number of likely N-dealkylation sites (N-methyl/N-ethyl adjacent to an activating group) is 2. The van der Waals surface area contributed by atoms with Gasteiger partial charge in [0.2, 0.25) is 11.8 Å². The molecule has 23 heavy (non-hydrogen) atoms. The molecule has 122 valence electrons. The molecule has 2 aromatic rings. The number of ether oxygens (including phenoxy) is 1. The van der Waals surface area contributed by atoms with Gasteiger partial charge in [-0.05, 0) is 24.3 Å². The van der Waals surface area contributed by atoms with Gasteiger partial charge in [-0.25, -0.2) is 0 Å². The molecule has 0 spiro atoms. The van der Waals surface area contributed by atoms with E-state index in [2.05, 4.69) is 9.97 Å². The summed E-state index contributed by atoms with van der Waals surface area (Å²) in [5.74, 6) is 1.77. The van der Waals surface area contributed by atoms with Crippen molar-refractivity contribution in [2.24, 2.45) is 0 Å². The number of aromatic hydroxyl groups is 1. The Labute approximate surface area is 135 Å². The fourth-order valence-electron chi connectivity index (χ4n) is 1.78. The van der Waals surface area contributed by atoms with Crippen molar-refractivity contribution in [3.8, 4) is 17.4 Å². The summed E-state index contributed by atoms with van der Waals surface area (Å²) in [6.45, 7) is 2.76. The van der Waals surface area contributed by atoms with E-state index in [0.29, 0.717) is 30.5 Å². The molecule has 0 aliphatic heterocycles. The minimum Gasteiger partial charge on any atom is -0.508 e. The zero-order valence-corrected chi connectivity index (χ0v) is 13.4. The molecule has 0 bridgehead atoms. The lowest BCUT2D eigenvalue weighted by atomic mass is 10.3. The fourth-order valence-corrected chi connectivity index (χ4v) is 1.78. The third-order valence-electron chi connectivity index (χ3n) is 3.36. The zero-order chi connectivity index (χ0) is 16.8. The first-order valence-electron chi connectivity index (χ1n) is 7.17. The number of aromatic nitrogens is 2. The van der Waals surface area contributed by atoms with Crippen LogP contribution in [0.25, 0.3) is 0 Å². The van der Waals surface area contributed by atoms with E-state index in [1.807, 2.05) is 11.9 Å². The fraction of sp³-hybridized carbons (Fsp3) is 0.312. The SMILES string of the molecule is CC(=O)N(C)CCN(C)c1cncc(Oc2ccc(O)cc2)n1. The lowest BCUT2D eigenvalue weighted by Gasteiger charge is -2.22. The average molecular weight is 316 g/mol. The summed E-state index contributed by atoms with van der Waals surface area (Å²) >= 11 is 0. The Hall–Kier alpha value is -2.83. The maximum atomic E-state index is 11.2. The highest BCUT2D eigenvalue weighted by Gasteiger charge is 2.08. The molecular weight excluding hydrogens is 296 g/mol. The topological polar surface area (TPSA) is 78.8 Å². The monoisotopic (exact) mass is 316 g/mol. The number of carbonyl (C=O) groups excluding carboxylic acids is 1. The predicted octanol–water partition coefficient (Wildman–Crippen LogP) is 1.89. The summed E-state index contributed by atoms with van der Waals surface area (Å²) in [7, 11) is 3.63. The Kier molecular flexibility index (Phi) is 5.35. The number of carbonyl (C=O) groups is 1. The number of phenols is 1. The number of hydrogen-bond acceptors (Lipinski definition) is 6. The summed E-state index contributed by atoms with van der Waals surface area (Å²) in [6.07, 6.45) is 3.16. The van der Waals surface area contributed by atoms with Gasteiger partial charge in [-0.15, -0.1) is 0 Å². The normalized spacial score (nSPS) is 10.2. The molecule has 1 amide bonds. The molecule has 0 atom stereocenters. The second-order valence-electron chi connectivity index (χ2n) is 5.17. The van der Waals surface area contributed by atoms with Gasteiger partial charge in [-0.3, -0.25) is 9.78 Å². The van der Waals surface area contributed by atoms with Crippen molar-refractivity contribution in [1.29, 1.82) is 0 Å². The molecule has 0 unspecified atom stereocenters. The van der Waals surface area contributed by atoms with Gasteiger partial charge >= 0.3 is 0 Å². The number of amides is 1. The molecule has 0 aliphatic rings. The molecule has 0 saturated carbocycles. The highest BCUT2D eigenvalue weighted by Crippen LogP contribution is 2.22. The molecular formula is C16H20N4O3. The molecule has 1 aromatic carbocycles. The molecule has 7 heteroatoms. The maximum Gasteiger partial charge on any atom is 0.239 e. The molecule has 0 saturated heterocycles. The highest BCUT2D eigenvalue weighted by molar-refractivity contribution is 5.72. The third-order valence-corrected chi connectivity index (χ3v) is 3.36. The Morgan fingerprint density at radius 2 is 1.87 bits per heavy atom. The summed E-state index contributed by atoms with van der Waals surface area (Å²) in [4.78, 5) is 23.3. The Balaban J connectivity index is 2.01. The quantitative estimate of drug-likeness (QED) is 0.877. The Morgan fingerprint density at radius 1 is 1.17 bits per heavy atom. The van der Waals surface area contributed by atoms with Crippen LogP contribution in [0.3, 0.4) is 0 Å². The van der Waals surface area contributed by atoms with E-state index in [1.165, 1.54) is 25.3 Å². The lowest BCUT2D eigenvalue weighted by molar-refractivity contribution is -0.127. The summed E-state index contributed by atoms with van der Waals surface area (Å²) in [5, 5.41) is 9.26. The van der Waals surface area contributed by atoms with E-state index in [0.717, 1.165) is 0 Å². The van der Waals surface area contributed by atoms with Crippen LogP contribution in [0.5, 0.6) is 17.4 Å². The molecule has 0 radical (unpaired) electrons. The van der Waals surface area contributed by atoms with E-state index in [9.17, 15) is 9.90 Å². The number of benzene rings is 1. The minimum atomic E-state index is 0.0221. The van der Waals surface area contributed by atoms with Crippen molar-refractivity contribution in [3.05, 3.63) is 36.7 Å². The number of hydrogen-bond donors (Lipinski definition) is 1. The number of nitrogens with zero attached hydrogens (tertiary/aromatic N) is 4.